The van der Waals surface area contributed by atoms with E-state index in [9.17, 15) is 0 Å². The smallest absolute Gasteiger partial charge is 0.00607 e. The molecule has 0 bridgehead atoms. The summed E-state index contributed by atoms with van der Waals surface area (Å²) >= 11 is 0.0184. The molecule has 0 radical (unpaired) electrons. The average Bonchev–Trinajstić information content (AvgIpc) is 2.29. The van der Waals surface area contributed by atoms with Crippen LogP contribution in [-0.2, 0) is 0 Å². The van der Waals surface area contributed by atoms with Gasteiger partial charge in [0.05, 0.1) is 0 Å². The Labute approximate surface area is 88.7 Å². The summed E-state index contributed by atoms with van der Waals surface area (Å²) in [7, 11) is 0. The molecule has 0 N–H and O–H groups in total. The summed E-state index contributed by atoms with van der Waals surface area (Å²) in [5.74, 6) is 0. The molecule has 0 aliphatic carbocycles. The van der Waals surface area contributed by atoms with Gasteiger partial charge < -0.3 is 0 Å². The quantitative estimate of drug-likeness (QED) is 0.636. The van der Waals surface area contributed by atoms with Crippen molar-refractivity contribution < 1.29 is 0 Å². The van der Waals surface area contributed by atoms with Crippen molar-refractivity contribution in [3.63, 3.8) is 0 Å². The van der Waals surface area contributed by atoms with Gasteiger partial charge in [0.2, 0.25) is 0 Å². The molecule has 1 aromatic carbocycles. The van der Waals surface area contributed by atoms with E-state index in [0.29, 0.717) is 0 Å². The lowest BCUT2D eigenvalue weighted by Crippen LogP contribution is -1.89. The third-order valence-electron chi connectivity index (χ3n) is 2.19. The summed E-state index contributed by atoms with van der Waals surface area (Å²) in [5, 5.41) is 0. The van der Waals surface area contributed by atoms with Crippen LogP contribution in [0.3, 0.4) is 0 Å². The predicted octanol–water partition coefficient (Wildman–Crippen LogP) is 3.75. The first-order valence-corrected chi connectivity index (χ1v) is 6.59. The maximum absolute atomic E-state index is 3.37. The second-order valence-electron chi connectivity index (χ2n) is 3.19. The van der Waals surface area contributed by atoms with E-state index in [4.69, 9.17) is 0 Å². The summed E-state index contributed by atoms with van der Waals surface area (Å²) in [6, 6.07) is 6.46. The van der Waals surface area contributed by atoms with Crippen molar-refractivity contribution in [2.24, 2.45) is 0 Å². The fourth-order valence-corrected chi connectivity index (χ4v) is 3.08. The molecule has 2 rings (SSSR count). The molecule has 0 unspecified atom stereocenters. The van der Waals surface area contributed by atoms with Crippen LogP contribution in [0.5, 0.6) is 0 Å². The van der Waals surface area contributed by atoms with Crippen LogP contribution in [0, 0.1) is 6.92 Å². The maximum atomic E-state index is 3.37. The minimum absolute atomic E-state index is 0.0184. The van der Waals surface area contributed by atoms with Crippen LogP contribution >= 0.6 is 20.7 Å². The summed E-state index contributed by atoms with van der Waals surface area (Å²) in [6.45, 7) is 4.38. The highest BCUT2D eigenvalue weighted by atomic mass is 127. The first-order chi connectivity index (χ1) is 6.29. The van der Waals surface area contributed by atoms with Crippen LogP contribution in [0.2, 0.25) is 0 Å². The fraction of sp³-hybridized carbons (Fsp3) is 0.167. The van der Waals surface area contributed by atoms with Gasteiger partial charge in [-0.1, -0.05) is 21.9 Å². The van der Waals surface area contributed by atoms with Gasteiger partial charge in [-0.2, -0.15) is 0 Å². The Balaban J connectivity index is 2.77. The van der Waals surface area contributed by atoms with E-state index in [-0.39, 0.29) is 20.7 Å². The summed E-state index contributed by atoms with van der Waals surface area (Å²) < 4.78 is 5.71. The second-order valence-corrected chi connectivity index (χ2v) is 5.06. The zero-order valence-corrected chi connectivity index (χ0v) is 9.92. The Bertz CT molecular complexity index is 432. The molecule has 1 heteroatoms. The molecule has 0 saturated carbocycles. The molecule has 0 saturated heterocycles. The van der Waals surface area contributed by atoms with Gasteiger partial charge in [-0.05, 0) is 67.0 Å². The van der Waals surface area contributed by atoms with E-state index in [1.54, 1.807) is 0 Å². The van der Waals surface area contributed by atoms with E-state index < -0.39 is 0 Å². The number of aryl methyl sites for hydroxylation is 1. The summed E-state index contributed by atoms with van der Waals surface area (Å²) in [6.07, 6.45) is 2.14. The molecule has 1 heterocycles. The summed E-state index contributed by atoms with van der Waals surface area (Å²) in [5.41, 5.74) is 5.52. The highest BCUT2D eigenvalue weighted by Crippen LogP contribution is 2.27. The molecule has 0 atom stereocenters. The van der Waals surface area contributed by atoms with Gasteiger partial charge in [-0.15, -0.1) is 0 Å². The van der Waals surface area contributed by atoms with E-state index in [1.807, 2.05) is 0 Å². The van der Waals surface area contributed by atoms with Crippen LogP contribution in [0.15, 0.2) is 22.3 Å². The van der Waals surface area contributed by atoms with Crippen molar-refractivity contribution in [1.82, 2.24) is 0 Å². The SMILES string of the molecule is CC1=CI=C=Cc2cccc(C)c21. The second kappa shape index (κ2) is 3.60. The lowest BCUT2D eigenvalue weighted by atomic mass is 9.97. The predicted molar refractivity (Wildman–Crippen MR) is 68.3 cm³/mol. The molecule has 0 nitrogen and oxygen atoms in total. The fourth-order valence-electron chi connectivity index (χ4n) is 1.61. The van der Waals surface area contributed by atoms with Crippen LogP contribution < -0.4 is 0 Å². The van der Waals surface area contributed by atoms with Crippen LogP contribution in [-0.4, -0.2) is 3.67 Å². The van der Waals surface area contributed by atoms with Gasteiger partial charge in [-0.3, -0.25) is 0 Å². The van der Waals surface area contributed by atoms with Gasteiger partial charge in [-0.25, -0.2) is 0 Å². The minimum Gasteiger partial charge on any atom is -0.0819 e. The lowest BCUT2D eigenvalue weighted by molar-refractivity contribution is 1.40. The van der Waals surface area contributed by atoms with E-state index in [1.165, 1.54) is 22.3 Å². The number of hydrogen-bond donors (Lipinski definition) is 0. The molecule has 1 aromatic rings. The third-order valence-corrected chi connectivity index (χ3v) is 4.11. The monoisotopic (exact) mass is 282 g/mol. The van der Waals surface area contributed by atoms with Gasteiger partial charge in [0, 0.05) is 0 Å². The number of hydrogen-bond acceptors (Lipinski definition) is 0. The van der Waals surface area contributed by atoms with Gasteiger partial charge in [0.25, 0.3) is 0 Å². The molecule has 1 aliphatic heterocycles. The van der Waals surface area contributed by atoms with Gasteiger partial charge in [0.15, 0.2) is 0 Å². The molecule has 0 spiro atoms. The molecule has 0 aromatic heterocycles. The molecular weight excluding hydrogens is 271 g/mol. The Kier molecular flexibility index (Phi) is 2.47. The van der Waals surface area contributed by atoms with Crippen molar-refractivity contribution in [3.05, 3.63) is 39.0 Å². The van der Waals surface area contributed by atoms with E-state index >= 15 is 0 Å². The van der Waals surface area contributed by atoms with Crippen molar-refractivity contribution in [3.8, 4) is 0 Å². The lowest BCUT2D eigenvalue weighted by Gasteiger charge is -2.08. The Morgan fingerprint density at radius 3 is 2.92 bits per heavy atom. The van der Waals surface area contributed by atoms with Gasteiger partial charge in [0.1, 0.15) is 0 Å². The number of allylic oxidation sites excluding steroid dienone is 1. The Morgan fingerprint density at radius 2 is 2.08 bits per heavy atom. The molecule has 0 amide bonds. The maximum Gasteiger partial charge on any atom is -0.00607 e. The van der Waals surface area contributed by atoms with E-state index in [0.717, 1.165) is 0 Å². The molecule has 66 valence electrons. The number of fused-ring (bicyclic) bond motifs is 1. The molecular formula is C12H11I. The Hall–Kier alpha value is -0.660. The molecule has 0 fully saturated rings. The summed E-state index contributed by atoms with van der Waals surface area (Å²) in [4.78, 5) is 0. The van der Waals surface area contributed by atoms with Crippen molar-refractivity contribution >= 4 is 36.0 Å². The number of rotatable bonds is 0. The van der Waals surface area contributed by atoms with Crippen molar-refractivity contribution in [2.75, 3.05) is 0 Å². The minimum atomic E-state index is 0.0184. The molecule has 13 heavy (non-hydrogen) atoms. The highest BCUT2D eigenvalue weighted by Gasteiger charge is 2.05. The average molecular weight is 282 g/mol. The standard InChI is InChI=1S/C12H11I/c1-9-4-3-5-11-6-7-13-8-10(2)12(9)11/h3-6,8H,1-2H3. The first-order valence-electron chi connectivity index (χ1n) is 4.27. The van der Waals surface area contributed by atoms with Crippen LogP contribution in [0.1, 0.15) is 23.6 Å². The third kappa shape index (κ3) is 1.67. The largest absolute Gasteiger partial charge is 0.0819 e. The highest BCUT2D eigenvalue weighted by molar-refractivity contribution is 14.2. The zero-order valence-electron chi connectivity index (χ0n) is 7.76. The van der Waals surface area contributed by atoms with Crippen molar-refractivity contribution in [1.29, 1.82) is 0 Å². The van der Waals surface area contributed by atoms with Gasteiger partial charge >= 0.3 is 0 Å². The van der Waals surface area contributed by atoms with E-state index in [2.05, 4.69) is 45.9 Å². The number of halogens is 1. The molecule has 1 aliphatic rings. The van der Waals surface area contributed by atoms with Crippen molar-refractivity contribution in [2.45, 2.75) is 13.8 Å². The topological polar surface area (TPSA) is 0 Å². The normalized spacial score (nSPS) is 14.2. The van der Waals surface area contributed by atoms with Crippen LogP contribution in [0.25, 0.3) is 11.6 Å². The van der Waals surface area contributed by atoms with Crippen LogP contribution in [0.4, 0.5) is 0 Å². The Morgan fingerprint density at radius 1 is 1.23 bits per heavy atom. The first kappa shape index (κ1) is 8.92. The number of benzene rings is 1. The zero-order chi connectivity index (χ0) is 9.26.